The predicted molar refractivity (Wildman–Crippen MR) is 76.7 cm³/mol. The van der Waals surface area contributed by atoms with Crippen molar-refractivity contribution >= 4 is 29.1 Å². The van der Waals surface area contributed by atoms with Gasteiger partial charge in [0.25, 0.3) is 5.91 Å². The standard InChI is InChI=1S/C13H11Cl2N3O2/c14-11-4-3-10(5-12(11)15)20-7-9-2-1-8(6-17-9)13(19)18-16/h1-6H,7,16H2,(H,18,19). The molecule has 2 aromatic rings. The van der Waals surface area contributed by atoms with E-state index in [1.54, 1.807) is 30.3 Å². The van der Waals surface area contributed by atoms with Crippen LogP contribution < -0.4 is 16.0 Å². The molecule has 20 heavy (non-hydrogen) atoms. The van der Waals surface area contributed by atoms with E-state index in [0.717, 1.165) is 0 Å². The highest BCUT2D eigenvalue weighted by Crippen LogP contribution is 2.26. The number of rotatable bonds is 4. The summed E-state index contributed by atoms with van der Waals surface area (Å²) < 4.78 is 5.52. The second kappa shape index (κ2) is 6.56. The van der Waals surface area contributed by atoms with Crippen molar-refractivity contribution < 1.29 is 9.53 Å². The van der Waals surface area contributed by atoms with E-state index in [1.165, 1.54) is 6.20 Å². The first-order valence-corrected chi connectivity index (χ1v) is 6.39. The molecule has 0 aliphatic rings. The Labute approximate surface area is 125 Å². The average molecular weight is 312 g/mol. The van der Waals surface area contributed by atoms with Gasteiger partial charge in [0.15, 0.2) is 0 Å². The predicted octanol–water partition coefficient (Wildman–Crippen LogP) is 2.57. The fourth-order valence-electron chi connectivity index (χ4n) is 1.45. The summed E-state index contributed by atoms with van der Waals surface area (Å²) in [6, 6.07) is 8.29. The molecule has 0 unspecified atom stereocenters. The lowest BCUT2D eigenvalue weighted by atomic mass is 10.2. The number of hydrazine groups is 1. The molecular formula is C13H11Cl2N3O2. The topological polar surface area (TPSA) is 77.2 Å². The molecule has 2 rings (SSSR count). The lowest BCUT2D eigenvalue weighted by Gasteiger charge is -2.07. The van der Waals surface area contributed by atoms with Crippen LogP contribution in [0.3, 0.4) is 0 Å². The Hall–Kier alpha value is -1.82. The number of carbonyl (C=O) groups excluding carboxylic acids is 1. The summed E-state index contributed by atoms with van der Waals surface area (Å²) in [4.78, 5) is 15.3. The maximum atomic E-state index is 11.2. The Balaban J connectivity index is 2.00. The van der Waals surface area contributed by atoms with E-state index in [-0.39, 0.29) is 6.61 Å². The van der Waals surface area contributed by atoms with Gasteiger partial charge in [-0.15, -0.1) is 0 Å². The zero-order chi connectivity index (χ0) is 14.5. The van der Waals surface area contributed by atoms with Crippen LogP contribution in [0.2, 0.25) is 10.0 Å². The van der Waals surface area contributed by atoms with Gasteiger partial charge < -0.3 is 4.74 Å². The van der Waals surface area contributed by atoms with Crippen LogP contribution in [-0.2, 0) is 6.61 Å². The van der Waals surface area contributed by atoms with Crippen molar-refractivity contribution in [2.24, 2.45) is 5.84 Å². The lowest BCUT2D eigenvalue weighted by molar-refractivity contribution is 0.0953. The number of nitrogens with one attached hydrogen (secondary N) is 1. The van der Waals surface area contributed by atoms with E-state index >= 15 is 0 Å². The smallest absolute Gasteiger partial charge is 0.266 e. The highest BCUT2D eigenvalue weighted by Gasteiger charge is 2.05. The number of nitrogen functional groups attached to an aromatic ring is 1. The van der Waals surface area contributed by atoms with Gasteiger partial charge in [-0.25, -0.2) is 5.84 Å². The molecule has 7 heteroatoms. The second-order valence-corrected chi connectivity index (χ2v) is 4.69. The van der Waals surface area contributed by atoms with Crippen LogP contribution in [0.1, 0.15) is 16.1 Å². The van der Waals surface area contributed by atoms with Gasteiger partial charge in [0.1, 0.15) is 12.4 Å². The fourth-order valence-corrected chi connectivity index (χ4v) is 1.74. The Morgan fingerprint density at radius 1 is 1.25 bits per heavy atom. The van der Waals surface area contributed by atoms with E-state index in [4.69, 9.17) is 33.8 Å². The van der Waals surface area contributed by atoms with Gasteiger partial charge in [-0.2, -0.15) is 0 Å². The minimum Gasteiger partial charge on any atom is -0.487 e. The number of carbonyl (C=O) groups is 1. The van der Waals surface area contributed by atoms with Crippen molar-refractivity contribution in [1.82, 2.24) is 10.4 Å². The first-order valence-electron chi connectivity index (χ1n) is 5.64. The number of aromatic nitrogens is 1. The average Bonchev–Trinajstić information content (AvgIpc) is 2.48. The van der Waals surface area contributed by atoms with Crippen LogP contribution in [0.25, 0.3) is 0 Å². The second-order valence-electron chi connectivity index (χ2n) is 3.88. The number of hydrogen-bond acceptors (Lipinski definition) is 4. The normalized spacial score (nSPS) is 10.2. The molecule has 0 atom stereocenters. The molecule has 104 valence electrons. The highest BCUT2D eigenvalue weighted by molar-refractivity contribution is 6.42. The number of benzene rings is 1. The summed E-state index contributed by atoms with van der Waals surface area (Å²) in [5.41, 5.74) is 3.08. The third-order valence-electron chi connectivity index (χ3n) is 2.50. The van der Waals surface area contributed by atoms with Crippen LogP contribution in [0.15, 0.2) is 36.5 Å². The van der Waals surface area contributed by atoms with Gasteiger partial charge in [-0.3, -0.25) is 15.2 Å². The summed E-state index contributed by atoms with van der Waals surface area (Å²) in [5, 5.41) is 0.890. The van der Waals surface area contributed by atoms with Crippen LogP contribution in [0.5, 0.6) is 5.75 Å². The fraction of sp³-hybridized carbons (Fsp3) is 0.0769. The maximum Gasteiger partial charge on any atom is 0.266 e. The number of ether oxygens (including phenoxy) is 1. The van der Waals surface area contributed by atoms with E-state index in [9.17, 15) is 4.79 Å². The summed E-state index contributed by atoms with van der Waals surface area (Å²) in [7, 11) is 0. The van der Waals surface area contributed by atoms with E-state index in [1.807, 2.05) is 5.43 Å². The molecular weight excluding hydrogens is 301 g/mol. The summed E-state index contributed by atoms with van der Waals surface area (Å²) in [6.07, 6.45) is 1.43. The molecule has 1 heterocycles. The SMILES string of the molecule is NNC(=O)c1ccc(COc2ccc(Cl)c(Cl)c2)nc1. The quantitative estimate of drug-likeness (QED) is 0.517. The summed E-state index contributed by atoms with van der Waals surface area (Å²) in [6.45, 7) is 0.252. The number of halogens is 2. The molecule has 1 aromatic heterocycles. The van der Waals surface area contributed by atoms with Gasteiger partial charge >= 0.3 is 0 Å². The van der Waals surface area contributed by atoms with Crippen LogP contribution in [0, 0.1) is 0 Å². The Morgan fingerprint density at radius 2 is 2.05 bits per heavy atom. The van der Waals surface area contributed by atoms with Crippen molar-refractivity contribution in [3.63, 3.8) is 0 Å². The number of amides is 1. The van der Waals surface area contributed by atoms with Gasteiger partial charge in [0, 0.05) is 12.3 Å². The molecule has 0 radical (unpaired) electrons. The van der Waals surface area contributed by atoms with Crippen molar-refractivity contribution in [3.8, 4) is 5.75 Å². The molecule has 0 saturated carbocycles. The highest BCUT2D eigenvalue weighted by atomic mass is 35.5. The van der Waals surface area contributed by atoms with E-state index < -0.39 is 5.91 Å². The number of pyridine rings is 1. The Kier molecular flexibility index (Phi) is 4.79. The van der Waals surface area contributed by atoms with Crippen molar-refractivity contribution in [2.75, 3.05) is 0 Å². The lowest BCUT2D eigenvalue weighted by Crippen LogP contribution is -2.30. The molecule has 0 spiro atoms. The zero-order valence-electron chi connectivity index (χ0n) is 10.3. The third kappa shape index (κ3) is 3.60. The summed E-state index contributed by atoms with van der Waals surface area (Å²) in [5.74, 6) is 5.22. The number of nitrogens with zero attached hydrogens (tertiary/aromatic N) is 1. The van der Waals surface area contributed by atoms with Gasteiger partial charge in [-0.1, -0.05) is 23.2 Å². The van der Waals surface area contributed by atoms with E-state index in [2.05, 4.69) is 4.98 Å². The van der Waals surface area contributed by atoms with Gasteiger partial charge in [0.05, 0.1) is 21.3 Å². The zero-order valence-corrected chi connectivity index (χ0v) is 11.8. The first-order chi connectivity index (χ1) is 9.60. The largest absolute Gasteiger partial charge is 0.487 e. The Morgan fingerprint density at radius 3 is 2.65 bits per heavy atom. The van der Waals surface area contributed by atoms with Crippen LogP contribution >= 0.6 is 23.2 Å². The molecule has 0 aliphatic heterocycles. The number of hydrogen-bond donors (Lipinski definition) is 2. The van der Waals surface area contributed by atoms with Crippen molar-refractivity contribution in [1.29, 1.82) is 0 Å². The molecule has 0 bridgehead atoms. The molecule has 0 fully saturated rings. The molecule has 0 saturated heterocycles. The van der Waals surface area contributed by atoms with Crippen LogP contribution in [-0.4, -0.2) is 10.9 Å². The molecule has 5 nitrogen and oxygen atoms in total. The van der Waals surface area contributed by atoms with E-state index in [0.29, 0.717) is 27.1 Å². The van der Waals surface area contributed by atoms with Crippen LogP contribution in [0.4, 0.5) is 0 Å². The molecule has 0 aliphatic carbocycles. The third-order valence-corrected chi connectivity index (χ3v) is 3.23. The minimum absolute atomic E-state index is 0.252. The minimum atomic E-state index is -0.394. The molecule has 1 amide bonds. The number of nitrogens with two attached hydrogens (primary N) is 1. The molecule has 1 aromatic carbocycles. The molecule has 3 N–H and O–H groups in total. The maximum absolute atomic E-state index is 11.2. The first kappa shape index (κ1) is 14.6. The van der Waals surface area contributed by atoms with Gasteiger partial charge in [-0.05, 0) is 24.3 Å². The van der Waals surface area contributed by atoms with Crippen molar-refractivity contribution in [3.05, 3.63) is 57.8 Å². The summed E-state index contributed by atoms with van der Waals surface area (Å²) >= 11 is 11.7. The Bertz CT molecular complexity index is 618. The van der Waals surface area contributed by atoms with Crippen molar-refractivity contribution in [2.45, 2.75) is 6.61 Å². The monoisotopic (exact) mass is 311 g/mol. The van der Waals surface area contributed by atoms with Gasteiger partial charge in [0.2, 0.25) is 0 Å².